The molecule has 6 nitrogen and oxygen atoms in total. The minimum Gasteiger partial charge on any atom is -0.488 e. The first-order chi connectivity index (χ1) is 14.2. The third kappa shape index (κ3) is 6.03. The number of likely N-dealkylation sites (tertiary alicyclic amines) is 1. The number of nitrogens with one attached hydrogen (secondary N) is 2. The molecule has 2 aliphatic rings. The summed E-state index contributed by atoms with van der Waals surface area (Å²) < 4.78 is 45.5. The molecule has 1 aliphatic carbocycles. The molecule has 30 heavy (non-hydrogen) atoms. The minimum absolute atomic E-state index is 0.00729. The predicted octanol–water partition coefficient (Wildman–Crippen LogP) is 4.55. The van der Waals surface area contributed by atoms with Crippen molar-refractivity contribution in [3.05, 3.63) is 23.8 Å². The number of rotatable bonds is 4. The largest absolute Gasteiger partial charge is 0.488 e. The average molecular weight is 427 g/mol. The van der Waals surface area contributed by atoms with Gasteiger partial charge in [0.1, 0.15) is 11.9 Å². The molecule has 1 aromatic carbocycles. The molecular weight excluding hydrogens is 399 g/mol. The summed E-state index contributed by atoms with van der Waals surface area (Å²) in [6.45, 7) is 2.57. The molecule has 9 heteroatoms. The molecule has 0 bridgehead atoms. The monoisotopic (exact) mass is 427 g/mol. The molecule has 1 aliphatic heterocycles. The van der Waals surface area contributed by atoms with E-state index in [1.165, 1.54) is 13.0 Å². The first-order valence-corrected chi connectivity index (χ1v) is 10.4. The number of hydrogen-bond acceptors (Lipinski definition) is 3. The Morgan fingerprint density at radius 2 is 1.73 bits per heavy atom. The van der Waals surface area contributed by atoms with Gasteiger partial charge in [0, 0.05) is 38.9 Å². The zero-order valence-electron chi connectivity index (χ0n) is 17.1. The molecule has 0 radical (unpaired) electrons. The van der Waals surface area contributed by atoms with Gasteiger partial charge in [0.05, 0.1) is 11.3 Å². The highest BCUT2D eigenvalue weighted by Gasteiger charge is 2.32. The van der Waals surface area contributed by atoms with Crippen molar-refractivity contribution in [1.29, 1.82) is 0 Å². The van der Waals surface area contributed by atoms with Gasteiger partial charge in [0.15, 0.2) is 0 Å². The van der Waals surface area contributed by atoms with Crippen molar-refractivity contribution in [1.82, 2.24) is 10.2 Å². The van der Waals surface area contributed by atoms with E-state index in [4.69, 9.17) is 4.74 Å². The summed E-state index contributed by atoms with van der Waals surface area (Å²) in [5, 5.41) is 5.39. The fraction of sp³-hybridized carbons (Fsp3) is 0.619. The Hall–Kier alpha value is -2.45. The topological polar surface area (TPSA) is 70.7 Å². The van der Waals surface area contributed by atoms with E-state index in [2.05, 4.69) is 10.6 Å². The van der Waals surface area contributed by atoms with Crippen LogP contribution in [0.3, 0.4) is 0 Å². The predicted molar refractivity (Wildman–Crippen MR) is 106 cm³/mol. The van der Waals surface area contributed by atoms with Gasteiger partial charge in [-0.2, -0.15) is 13.2 Å². The average Bonchev–Trinajstić information content (AvgIpc) is 2.69. The lowest BCUT2D eigenvalue weighted by atomic mass is 9.96. The van der Waals surface area contributed by atoms with Crippen LogP contribution in [0.1, 0.15) is 57.4 Å². The molecule has 0 aromatic heterocycles. The molecular formula is C21H28F3N3O3. The fourth-order valence-corrected chi connectivity index (χ4v) is 3.97. The van der Waals surface area contributed by atoms with Crippen LogP contribution in [0, 0.1) is 0 Å². The van der Waals surface area contributed by atoms with Gasteiger partial charge in [0.2, 0.25) is 5.91 Å². The van der Waals surface area contributed by atoms with E-state index < -0.39 is 17.8 Å². The maximum atomic E-state index is 13.2. The van der Waals surface area contributed by atoms with Crippen molar-refractivity contribution in [3.8, 4) is 5.75 Å². The van der Waals surface area contributed by atoms with Crippen LogP contribution in [0.4, 0.5) is 23.7 Å². The van der Waals surface area contributed by atoms with Crippen LogP contribution in [-0.2, 0) is 11.0 Å². The molecule has 0 atom stereocenters. The van der Waals surface area contributed by atoms with Crippen LogP contribution in [0.25, 0.3) is 0 Å². The summed E-state index contributed by atoms with van der Waals surface area (Å²) >= 11 is 0. The van der Waals surface area contributed by atoms with Gasteiger partial charge in [-0.25, -0.2) is 4.79 Å². The van der Waals surface area contributed by atoms with Crippen LogP contribution >= 0.6 is 0 Å². The van der Waals surface area contributed by atoms with E-state index >= 15 is 0 Å². The Labute approximate surface area is 174 Å². The van der Waals surface area contributed by atoms with Crippen molar-refractivity contribution < 1.29 is 27.5 Å². The number of urea groups is 1. The highest BCUT2D eigenvalue weighted by atomic mass is 19.4. The normalized spacial score (nSPS) is 18.7. The third-order valence-electron chi connectivity index (χ3n) is 5.68. The van der Waals surface area contributed by atoms with Crippen molar-refractivity contribution in [2.24, 2.45) is 0 Å². The fourth-order valence-electron chi connectivity index (χ4n) is 3.97. The first kappa shape index (κ1) is 22.2. The summed E-state index contributed by atoms with van der Waals surface area (Å²) in [5.74, 6) is 0.188. The van der Waals surface area contributed by atoms with Crippen molar-refractivity contribution in [2.45, 2.75) is 70.2 Å². The highest BCUT2D eigenvalue weighted by Crippen LogP contribution is 2.36. The number of nitrogens with zero attached hydrogens (tertiary/aromatic N) is 1. The van der Waals surface area contributed by atoms with Gasteiger partial charge in [-0.05, 0) is 31.0 Å². The number of halogens is 3. The Kier molecular flexibility index (Phi) is 7.10. The Morgan fingerprint density at radius 1 is 1.07 bits per heavy atom. The number of carbonyl (C=O) groups is 2. The molecule has 2 fully saturated rings. The third-order valence-corrected chi connectivity index (χ3v) is 5.68. The van der Waals surface area contributed by atoms with Gasteiger partial charge < -0.3 is 20.3 Å². The highest BCUT2D eigenvalue weighted by molar-refractivity contribution is 5.91. The molecule has 0 unspecified atom stereocenters. The second kappa shape index (κ2) is 9.57. The molecule has 1 saturated carbocycles. The number of hydrogen-bond donors (Lipinski definition) is 2. The molecule has 3 amide bonds. The lowest BCUT2D eigenvalue weighted by Crippen LogP contribution is -2.41. The first-order valence-electron chi connectivity index (χ1n) is 10.4. The van der Waals surface area contributed by atoms with E-state index in [0.29, 0.717) is 25.9 Å². The molecule has 2 N–H and O–H groups in total. The number of alkyl halides is 3. The van der Waals surface area contributed by atoms with Crippen molar-refractivity contribution in [2.75, 3.05) is 18.4 Å². The van der Waals surface area contributed by atoms with Crippen molar-refractivity contribution in [3.63, 3.8) is 0 Å². The molecule has 166 valence electrons. The Balaban J connectivity index is 1.70. The van der Waals surface area contributed by atoms with E-state index in [-0.39, 0.29) is 29.5 Å². The van der Waals surface area contributed by atoms with Crippen LogP contribution in [-0.4, -0.2) is 42.1 Å². The smallest absolute Gasteiger partial charge is 0.416 e. The number of anilines is 1. The van der Waals surface area contributed by atoms with Crippen LogP contribution in [0.2, 0.25) is 0 Å². The van der Waals surface area contributed by atoms with Gasteiger partial charge >= 0.3 is 12.2 Å². The summed E-state index contributed by atoms with van der Waals surface area (Å²) in [6, 6.07) is 2.60. The van der Waals surface area contributed by atoms with E-state index in [9.17, 15) is 22.8 Å². The molecule has 3 rings (SSSR count). The maximum Gasteiger partial charge on any atom is 0.416 e. The van der Waals surface area contributed by atoms with Crippen LogP contribution in [0.5, 0.6) is 5.75 Å². The molecule has 1 aromatic rings. The van der Waals surface area contributed by atoms with E-state index in [0.717, 1.165) is 44.2 Å². The summed E-state index contributed by atoms with van der Waals surface area (Å²) in [4.78, 5) is 25.6. The second-order valence-electron chi connectivity index (χ2n) is 7.97. The van der Waals surface area contributed by atoms with Gasteiger partial charge in [0.25, 0.3) is 0 Å². The maximum absolute atomic E-state index is 13.2. The van der Waals surface area contributed by atoms with Crippen molar-refractivity contribution >= 4 is 17.6 Å². The lowest BCUT2D eigenvalue weighted by molar-refractivity contribution is -0.137. The Morgan fingerprint density at radius 3 is 2.33 bits per heavy atom. The summed E-state index contributed by atoms with van der Waals surface area (Å²) in [7, 11) is 0. The SMILES string of the molecule is CC(=O)N1CCC(Oc2ccc(C(F)(F)F)cc2NC(=O)NC2CCCCC2)CC1. The molecule has 1 saturated heterocycles. The zero-order valence-corrected chi connectivity index (χ0v) is 17.1. The Bertz CT molecular complexity index is 756. The number of benzene rings is 1. The van der Waals surface area contributed by atoms with Crippen LogP contribution in [0.15, 0.2) is 18.2 Å². The quantitative estimate of drug-likeness (QED) is 0.741. The van der Waals surface area contributed by atoms with Gasteiger partial charge in [-0.1, -0.05) is 19.3 Å². The van der Waals surface area contributed by atoms with E-state index in [1.807, 2.05) is 0 Å². The second-order valence-corrected chi connectivity index (χ2v) is 7.97. The zero-order chi connectivity index (χ0) is 21.7. The van der Waals surface area contributed by atoms with Gasteiger partial charge in [-0.3, -0.25) is 4.79 Å². The van der Waals surface area contributed by atoms with E-state index in [1.54, 1.807) is 4.90 Å². The summed E-state index contributed by atoms with van der Waals surface area (Å²) in [5.41, 5.74) is -0.860. The summed E-state index contributed by atoms with van der Waals surface area (Å²) in [6.07, 6.45) is 1.32. The number of carbonyl (C=O) groups excluding carboxylic acids is 2. The molecule has 0 spiro atoms. The lowest BCUT2D eigenvalue weighted by Gasteiger charge is -2.32. The number of amides is 3. The van der Waals surface area contributed by atoms with Gasteiger partial charge in [-0.15, -0.1) is 0 Å². The van der Waals surface area contributed by atoms with Crippen LogP contribution < -0.4 is 15.4 Å². The standard InChI is InChI=1S/C21H28F3N3O3/c1-14(28)27-11-9-17(10-12-27)30-19-8-7-15(21(22,23)24)13-18(19)26-20(29)25-16-5-3-2-4-6-16/h7-8,13,16-17H,2-6,9-12H2,1H3,(H2,25,26,29). The number of piperidine rings is 1. The molecule has 1 heterocycles. The number of ether oxygens (including phenoxy) is 1. The minimum atomic E-state index is -4.53.